The van der Waals surface area contributed by atoms with Gasteiger partial charge >= 0.3 is 0 Å². The summed E-state index contributed by atoms with van der Waals surface area (Å²) in [7, 11) is 0. The molecule has 0 bridgehead atoms. The molecule has 0 spiro atoms. The van der Waals surface area contributed by atoms with Gasteiger partial charge in [-0.3, -0.25) is 4.79 Å². The lowest BCUT2D eigenvalue weighted by Gasteiger charge is -2.16. The molecular formula is C11H15N3OS. The molecule has 0 saturated carbocycles. The van der Waals surface area contributed by atoms with Gasteiger partial charge in [0, 0.05) is 26.2 Å². The summed E-state index contributed by atoms with van der Waals surface area (Å²) >= 11 is 1.45. The summed E-state index contributed by atoms with van der Waals surface area (Å²) in [5.41, 5.74) is 2.62. The summed E-state index contributed by atoms with van der Waals surface area (Å²) in [5, 5.41) is 3.38. The third-order valence-electron chi connectivity index (χ3n) is 3.62. The standard InChI is InChI=1S/C11H15N3OS/c1-7-10(16-6-13-7)11(15)14-4-8-2-12-3-9(8)5-14/h6,8-9,12H,2-5H2,1H3/t8-,9+. The van der Waals surface area contributed by atoms with E-state index in [1.54, 1.807) is 5.51 Å². The first-order valence-corrected chi connectivity index (χ1v) is 6.53. The molecule has 1 amide bonds. The van der Waals surface area contributed by atoms with Crippen molar-refractivity contribution in [2.24, 2.45) is 11.8 Å². The second-order valence-corrected chi connectivity index (χ2v) is 5.51. The summed E-state index contributed by atoms with van der Waals surface area (Å²) in [6.45, 7) is 5.86. The van der Waals surface area contributed by atoms with Crippen molar-refractivity contribution in [3.63, 3.8) is 0 Å². The van der Waals surface area contributed by atoms with E-state index in [4.69, 9.17) is 0 Å². The molecule has 16 heavy (non-hydrogen) atoms. The van der Waals surface area contributed by atoms with Crippen molar-refractivity contribution in [1.29, 1.82) is 0 Å². The third kappa shape index (κ3) is 1.55. The van der Waals surface area contributed by atoms with Crippen molar-refractivity contribution < 1.29 is 4.79 Å². The van der Waals surface area contributed by atoms with Crippen LogP contribution in [-0.2, 0) is 0 Å². The Hall–Kier alpha value is -0.940. The third-order valence-corrected chi connectivity index (χ3v) is 4.53. The number of rotatable bonds is 1. The summed E-state index contributed by atoms with van der Waals surface area (Å²) in [4.78, 5) is 19.2. The molecule has 3 rings (SSSR count). The van der Waals surface area contributed by atoms with Crippen LogP contribution in [0.15, 0.2) is 5.51 Å². The molecule has 2 fully saturated rings. The zero-order valence-electron chi connectivity index (χ0n) is 9.27. The molecule has 2 saturated heterocycles. The van der Waals surface area contributed by atoms with E-state index < -0.39 is 0 Å². The van der Waals surface area contributed by atoms with E-state index in [9.17, 15) is 4.79 Å². The number of nitrogens with zero attached hydrogens (tertiary/aromatic N) is 2. The number of aryl methyl sites for hydroxylation is 1. The lowest BCUT2D eigenvalue weighted by molar-refractivity contribution is 0.0785. The van der Waals surface area contributed by atoms with Crippen LogP contribution in [-0.4, -0.2) is 42.0 Å². The second-order valence-electron chi connectivity index (χ2n) is 4.66. The molecule has 1 N–H and O–H groups in total. The number of carbonyl (C=O) groups is 1. The maximum atomic E-state index is 12.2. The first-order chi connectivity index (χ1) is 7.75. The highest BCUT2D eigenvalue weighted by Gasteiger charge is 2.38. The fraction of sp³-hybridized carbons (Fsp3) is 0.636. The Labute approximate surface area is 98.7 Å². The average Bonchev–Trinajstić information content (AvgIpc) is 2.89. The van der Waals surface area contributed by atoms with Crippen LogP contribution in [0.3, 0.4) is 0 Å². The second kappa shape index (κ2) is 3.82. The van der Waals surface area contributed by atoms with Gasteiger partial charge in [-0.2, -0.15) is 0 Å². The van der Waals surface area contributed by atoms with Crippen LogP contribution < -0.4 is 5.32 Å². The van der Waals surface area contributed by atoms with Gasteiger partial charge in [0.15, 0.2) is 0 Å². The highest BCUT2D eigenvalue weighted by Crippen LogP contribution is 2.28. The van der Waals surface area contributed by atoms with Crippen molar-refractivity contribution in [3.8, 4) is 0 Å². The highest BCUT2D eigenvalue weighted by atomic mass is 32.1. The summed E-state index contributed by atoms with van der Waals surface area (Å²) < 4.78 is 0. The van der Waals surface area contributed by atoms with E-state index in [0.29, 0.717) is 11.8 Å². The van der Waals surface area contributed by atoms with Crippen LogP contribution in [0.1, 0.15) is 15.4 Å². The maximum absolute atomic E-state index is 12.2. The monoisotopic (exact) mass is 237 g/mol. The normalized spacial score (nSPS) is 28.4. The largest absolute Gasteiger partial charge is 0.337 e. The molecule has 2 aliphatic rings. The van der Waals surface area contributed by atoms with Gasteiger partial charge in [0.25, 0.3) is 5.91 Å². The van der Waals surface area contributed by atoms with Crippen molar-refractivity contribution in [3.05, 3.63) is 16.1 Å². The quantitative estimate of drug-likeness (QED) is 0.783. The van der Waals surface area contributed by atoms with Gasteiger partial charge in [0.2, 0.25) is 0 Å². The van der Waals surface area contributed by atoms with Crippen molar-refractivity contribution >= 4 is 17.2 Å². The van der Waals surface area contributed by atoms with Gasteiger partial charge in [-0.15, -0.1) is 11.3 Å². The maximum Gasteiger partial charge on any atom is 0.265 e. The minimum absolute atomic E-state index is 0.175. The average molecular weight is 237 g/mol. The summed E-state index contributed by atoms with van der Waals surface area (Å²) in [6.07, 6.45) is 0. The number of carbonyl (C=O) groups excluding carboxylic acids is 1. The Morgan fingerprint density at radius 3 is 2.75 bits per heavy atom. The van der Waals surface area contributed by atoms with Crippen LogP contribution in [0, 0.1) is 18.8 Å². The van der Waals surface area contributed by atoms with E-state index in [1.165, 1.54) is 11.3 Å². The summed E-state index contributed by atoms with van der Waals surface area (Å²) in [6, 6.07) is 0. The molecule has 86 valence electrons. The Kier molecular flexibility index (Phi) is 2.44. The van der Waals surface area contributed by atoms with Gasteiger partial charge in [-0.25, -0.2) is 4.98 Å². The van der Waals surface area contributed by atoms with E-state index in [0.717, 1.165) is 36.8 Å². The van der Waals surface area contributed by atoms with E-state index in [2.05, 4.69) is 10.3 Å². The zero-order valence-corrected chi connectivity index (χ0v) is 10.1. The zero-order chi connectivity index (χ0) is 11.1. The SMILES string of the molecule is Cc1ncsc1C(=O)N1C[C@H]2CNC[C@H]2C1. The van der Waals surface area contributed by atoms with E-state index in [1.807, 2.05) is 11.8 Å². The number of hydrogen-bond acceptors (Lipinski definition) is 4. The molecule has 0 aromatic carbocycles. The topological polar surface area (TPSA) is 45.2 Å². The first kappa shape index (κ1) is 10.2. The minimum Gasteiger partial charge on any atom is -0.337 e. The highest BCUT2D eigenvalue weighted by molar-refractivity contribution is 7.11. The van der Waals surface area contributed by atoms with Crippen molar-refractivity contribution in [2.45, 2.75) is 6.92 Å². The number of aromatic nitrogens is 1. The number of nitrogens with one attached hydrogen (secondary N) is 1. The lowest BCUT2D eigenvalue weighted by Crippen LogP contribution is -2.31. The Bertz CT molecular complexity index is 405. The van der Waals surface area contributed by atoms with Gasteiger partial charge < -0.3 is 10.2 Å². The van der Waals surface area contributed by atoms with Crippen molar-refractivity contribution in [2.75, 3.05) is 26.2 Å². The fourth-order valence-corrected chi connectivity index (χ4v) is 3.44. The Balaban J connectivity index is 1.75. The van der Waals surface area contributed by atoms with Crippen molar-refractivity contribution in [1.82, 2.24) is 15.2 Å². The van der Waals surface area contributed by atoms with Gasteiger partial charge in [0.1, 0.15) is 4.88 Å². The smallest absolute Gasteiger partial charge is 0.265 e. The molecule has 2 aliphatic heterocycles. The molecule has 3 heterocycles. The molecule has 5 heteroatoms. The number of fused-ring (bicyclic) bond motifs is 1. The van der Waals surface area contributed by atoms with Crippen LogP contribution in [0.25, 0.3) is 0 Å². The Morgan fingerprint density at radius 2 is 2.19 bits per heavy atom. The molecule has 0 unspecified atom stereocenters. The molecule has 0 aliphatic carbocycles. The molecular weight excluding hydrogens is 222 g/mol. The first-order valence-electron chi connectivity index (χ1n) is 5.66. The van der Waals surface area contributed by atoms with E-state index >= 15 is 0 Å². The Morgan fingerprint density at radius 1 is 1.50 bits per heavy atom. The number of likely N-dealkylation sites (tertiary alicyclic amines) is 1. The molecule has 0 radical (unpaired) electrons. The lowest BCUT2D eigenvalue weighted by atomic mass is 10.0. The van der Waals surface area contributed by atoms with Gasteiger partial charge in [0.05, 0.1) is 11.2 Å². The minimum atomic E-state index is 0.175. The van der Waals surface area contributed by atoms with E-state index in [-0.39, 0.29) is 5.91 Å². The molecule has 2 atom stereocenters. The van der Waals surface area contributed by atoms with Crippen LogP contribution in [0.5, 0.6) is 0 Å². The molecule has 4 nitrogen and oxygen atoms in total. The predicted molar refractivity (Wildman–Crippen MR) is 62.6 cm³/mol. The van der Waals surface area contributed by atoms with Crippen LogP contribution in [0.2, 0.25) is 0 Å². The fourth-order valence-electron chi connectivity index (χ4n) is 2.67. The molecule has 1 aromatic heterocycles. The number of thiazole rings is 1. The number of hydrogen-bond donors (Lipinski definition) is 1. The molecule has 1 aromatic rings. The van der Waals surface area contributed by atoms with Gasteiger partial charge in [-0.05, 0) is 18.8 Å². The number of amides is 1. The predicted octanol–water partition coefficient (Wildman–Crippen LogP) is 0.743. The van der Waals surface area contributed by atoms with Gasteiger partial charge in [-0.1, -0.05) is 0 Å². The summed E-state index contributed by atoms with van der Waals surface area (Å²) in [5.74, 6) is 1.50. The van der Waals surface area contributed by atoms with Crippen LogP contribution in [0.4, 0.5) is 0 Å². The van der Waals surface area contributed by atoms with Crippen LogP contribution >= 0.6 is 11.3 Å².